The molecular weight excluding hydrogens is 238 g/mol. The molecule has 0 bridgehead atoms. The molecule has 1 saturated heterocycles. The van der Waals surface area contributed by atoms with Crippen LogP contribution >= 0.6 is 0 Å². The van der Waals surface area contributed by atoms with E-state index < -0.39 is 34.1 Å². The molecule has 1 fully saturated rings. The van der Waals surface area contributed by atoms with Crippen molar-refractivity contribution in [2.45, 2.75) is 17.8 Å². The van der Waals surface area contributed by atoms with E-state index in [1.165, 1.54) is 0 Å². The van der Waals surface area contributed by atoms with Crippen LogP contribution in [0.4, 0.5) is 8.78 Å². The molecule has 0 spiro atoms. The Hall–Kier alpha value is -0.800. The van der Waals surface area contributed by atoms with Gasteiger partial charge < -0.3 is 9.47 Å². The van der Waals surface area contributed by atoms with Gasteiger partial charge in [0.15, 0.2) is 6.10 Å². The van der Waals surface area contributed by atoms with Crippen LogP contribution in [0.1, 0.15) is 6.42 Å². The fraction of sp³-hybridized carbons (Fsp3) is 0.833. The number of carbonyl (C=O) groups excluding carboxylic acids is 1. The topological polar surface area (TPSA) is 89.9 Å². The number of carbonyl (C=O) groups is 1. The smallest absolute Gasteiger partial charge is 0.392 e. The first-order chi connectivity index (χ1) is 6.74. The van der Waals surface area contributed by atoms with Gasteiger partial charge in [-0.05, 0) is 0 Å². The van der Waals surface area contributed by atoms with Gasteiger partial charge in [0.25, 0.3) is 0 Å². The van der Waals surface area contributed by atoms with Gasteiger partial charge in [0.1, 0.15) is 6.61 Å². The van der Waals surface area contributed by atoms with Crippen LogP contribution in [0.2, 0.25) is 0 Å². The van der Waals surface area contributed by atoms with E-state index in [0.717, 1.165) is 0 Å². The van der Waals surface area contributed by atoms with Crippen molar-refractivity contribution in [3.8, 4) is 0 Å². The molecule has 0 saturated carbocycles. The highest BCUT2D eigenvalue weighted by Gasteiger charge is 2.46. The number of esters is 1. The van der Waals surface area contributed by atoms with Crippen molar-refractivity contribution in [1.82, 2.24) is 0 Å². The summed E-state index contributed by atoms with van der Waals surface area (Å²) in [6.07, 6.45) is -1.11. The molecular formula is C6H8F2O6S. The Morgan fingerprint density at radius 2 is 2.20 bits per heavy atom. The average molecular weight is 246 g/mol. The van der Waals surface area contributed by atoms with E-state index in [2.05, 4.69) is 9.47 Å². The highest BCUT2D eigenvalue weighted by Crippen LogP contribution is 2.22. The van der Waals surface area contributed by atoms with Crippen molar-refractivity contribution in [2.24, 2.45) is 0 Å². The van der Waals surface area contributed by atoms with Gasteiger partial charge in [-0.15, -0.1) is 0 Å². The van der Waals surface area contributed by atoms with Gasteiger partial charge in [-0.3, -0.25) is 4.55 Å². The number of halogens is 2. The Balaban J connectivity index is 2.53. The van der Waals surface area contributed by atoms with Crippen LogP contribution in [0.3, 0.4) is 0 Å². The minimum Gasteiger partial charge on any atom is -0.464 e. The Labute approximate surface area is 83.9 Å². The minimum atomic E-state index is -5.52. The molecule has 1 aliphatic rings. The lowest BCUT2D eigenvalue weighted by Gasteiger charge is -2.14. The fourth-order valence-corrected chi connectivity index (χ4v) is 1.12. The molecule has 1 atom stereocenters. The summed E-state index contributed by atoms with van der Waals surface area (Å²) < 4.78 is 62.3. The molecule has 1 heterocycles. The van der Waals surface area contributed by atoms with Crippen molar-refractivity contribution in [3.05, 3.63) is 0 Å². The second-order valence-corrected chi connectivity index (χ2v) is 4.42. The van der Waals surface area contributed by atoms with E-state index in [4.69, 9.17) is 4.55 Å². The summed E-state index contributed by atoms with van der Waals surface area (Å²) in [5.74, 6) is -0.818. The van der Waals surface area contributed by atoms with Crippen LogP contribution < -0.4 is 0 Å². The van der Waals surface area contributed by atoms with Crippen LogP contribution in [-0.4, -0.2) is 43.5 Å². The Bertz CT molecular complexity index is 351. The van der Waals surface area contributed by atoms with Crippen LogP contribution in [0.5, 0.6) is 0 Å². The third-order valence-corrected chi connectivity index (χ3v) is 2.59. The third-order valence-electron chi connectivity index (χ3n) is 1.72. The molecule has 0 aromatic rings. The molecule has 0 aromatic carbocycles. The summed E-state index contributed by atoms with van der Waals surface area (Å²) in [7, 11) is -5.52. The largest absolute Gasteiger partial charge is 0.464 e. The van der Waals surface area contributed by atoms with Crippen LogP contribution in [0, 0.1) is 0 Å². The first-order valence-electron chi connectivity index (χ1n) is 3.87. The second kappa shape index (κ2) is 3.99. The van der Waals surface area contributed by atoms with Crippen molar-refractivity contribution >= 4 is 16.1 Å². The summed E-state index contributed by atoms with van der Waals surface area (Å²) in [4.78, 5) is 10.7. The fourth-order valence-electron chi connectivity index (χ4n) is 0.901. The standard InChI is InChI=1S/C6H8F2O6S/c7-6(8,15(10,11)12)3-14-4-1-2-13-5(4)9/h4H,1-3H2,(H,10,11,12). The molecule has 1 unspecified atom stereocenters. The molecule has 0 aliphatic carbocycles. The van der Waals surface area contributed by atoms with E-state index in [1.54, 1.807) is 0 Å². The monoisotopic (exact) mass is 246 g/mol. The highest BCUT2D eigenvalue weighted by atomic mass is 32.2. The maximum absolute atomic E-state index is 12.6. The van der Waals surface area contributed by atoms with E-state index in [-0.39, 0.29) is 13.0 Å². The summed E-state index contributed by atoms with van der Waals surface area (Å²) in [6, 6.07) is 0. The predicted octanol–water partition coefficient (Wildman–Crippen LogP) is -0.201. The number of ether oxygens (including phenoxy) is 2. The Morgan fingerprint density at radius 1 is 1.60 bits per heavy atom. The molecule has 1 rings (SSSR count). The molecule has 1 aliphatic heterocycles. The lowest BCUT2D eigenvalue weighted by molar-refractivity contribution is -0.150. The summed E-state index contributed by atoms with van der Waals surface area (Å²) in [5.41, 5.74) is 0. The highest BCUT2D eigenvalue weighted by molar-refractivity contribution is 7.86. The van der Waals surface area contributed by atoms with Gasteiger partial charge in [0.2, 0.25) is 0 Å². The van der Waals surface area contributed by atoms with Gasteiger partial charge in [-0.25, -0.2) is 4.79 Å². The quantitative estimate of drug-likeness (QED) is 0.545. The molecule has 88 valence electrons. The maximum atomic E-state index is 12.6. The molecule has 0 aromatic heterocycles. The molecule has 15 heavy (non-hydrogen) atoms. The first-order valence-corrected chi connectivity index (χ1v) is 5.31. The Kier molecular flexibility index (Phi) is 3.26. The summed E-state index contributed by atoms with van der Waals surface area (Å²) in [6.45, 7) is -1.54. The number of hydrogen-bond acceptors (Lipinski definition) is 5. The first kappa shape index (κ1) is 12.3. The molecule has 0 amide bonds. The van der Waals surface area contributed by atoms with Crippen molar-refractivity contribution in [3.63, 3.8) is 0 Å². The SMILES string of the molecule is O=C1OCCC1OCC(F)(F)S(=O)(=O)O. The van der Waals surface area contributed by atoms with E-state index in [1.807, 2.05) is 0 Å². The van der Waals surface area contributed by atoms with Gasteiger partial charge in [-0.2, -0.15) is 17.2 Å². The summed E-state index contributed by atoms with van der Waals surface area (Å²) >= 11 is 0. The van der Waals surface area contributed by atoms with Crippen LogP contribution in [0.15, 0.2) is 0 Å². The lowest BCUT2D eigenvalue weighted by Crippen LogP contribution is -2.36. The Morgan fingerprint density at radius 3 is 2.60 bits per heavy atom. The van der Waals surface area contributed by atoms with Gasteiger partial charge in [0, 0.05) is 6.42 Å². The van der Waals surface area contributed by atoms with Gasteiger partial charge in [0.05, 0.1) is 6.61 Å². The van der Waals surface area contributed by atoms with Crippen LogP contribution in [-0.2, 0) is 24.4 Å². The number of alkyl halides is 2. The van der Waals surface area contributed by atoms with E-state index >= 15 is 0 Å². The molecule has 0 radical (unpaired) electrons. The van der Waals surface area contributed by atoms with Gasteiger partial charge >= 0.3 is 21.3 Å². The zero-order chi connectivity index (χ0) is 11.7. The van der Waals surface area contributed by atoms with Gasteiger partial charge in [-0.1, -0.05) is 0 Å². The van der Waals surface area contributed by atoms with Crippen molar-refractivity contribution in [2.75, 3.05) is 13.2 Å². The normalized spacial score (nSPS) is 22.9. The summed E-state index contributed by atoms with van der Waals surface area (Å²) in [5, 5.41) is -4.42. The third kappa shape index (κ3) is 2.83. The molecule has 6 nitrogen and oxygen atoms in total. The van der Waals surface area contributed by atoms with Crippen molar-refractivity contribution < 1.29 is 36.0 Å². The minimum absolute atomic E-state index is 0.0426. The van der Waals surface area contributed by atoms with Crippen LogP contribution in [0.25, 0.3) is 0 Å². The molecule has 1 N–H and O–H groups in total. The van der Waals surface area contributed by atoms with E-state index in [0.29, 0.717) is 0 Å². The lowest BCUT2D eigenvalue weighted by atomic mass is 10.3. The average Bonchev–Trinajstić information content (AvgIpc) is 2.46. The molecule has 9 heteroatoms. The zero-order valence-corrected chi connectivity index (χ0v) is 8.17. The second-order valence-electron chi connectivity index (χ2n) is 2.87. The number of cyclic esters (lactones) is 1. The number of hydrogen-bond donors (Lipinski definition) is 1. The van der Waals surface area contributed by atoms with E-state index in [9.17, 15) is 22.0 Å². The maximum Gasteiger partial charge on any atom is 0.392 e. The number of rotatable bonds is 4. The zero-order valence-electron chi connectivity index (χ0n) is 7.35. The van der Waals surface area contributed by atoms with Crippen molar-refractivity contribution in [1.29, 1.82) is 0 Å². The predicted molar refractivity (Wildman–Crippen MR) is 41.8 cm³/mol.